The van der Waals surface area contributed by atoms with Crippen molar-refractivity contribution in [3.8, 4) is 11.5 Å². The number of carbonyl (C=O) groups is 1. The first-order chi connectivity index (χ1) is 10.5. The van der Waals surface area contributed by atoms with Gasteiger partial charge in [-0.1, -0.05) is 12.1 Å². The van der Waals surface area contributed by atoms with Gasteiger partial charge in [0.15, 0.2) is 11.5 Å². The van der Waals surface area contributed by atoms with Crippen LogP contribution < -0.4 is 4.74 Å². The molecule has 2 rings (SSSR count). The number of likely N-dealkylation sites (tertiary alicyclic amines) is 1. The Kier molecular flexibility index (Phi) is 5.66. The summed E-state index contributed by atoms with van der Waals surface area (Å²) < 4.78 is 5.54. The summed E-state index contributed by atoms with van der Waals surface area (Å²) in [6.07, 6.45) is 1.75. The first kappa shape index (κ1) is 16.6. The van der Waals surface area contributed by atoms with Crippen molar-refractivity contribution >= 4 is 5.97 Å². The van der Waals surface area contributed by atoms with Crippen molar-refractivity contribution in [1.29, 1.82) is 0 Å². The number of aromatic hydroxyl groups is 1. The summed E-state index contributed by atoms with van der Waals surface area (Å²) in [6.45, 7) is 6.29. The molecule has 0 saturated carbocycles. The monoisotopic (exact) mass is 307 g/mol. The van der Waals surface area contributed by atoms with Crippen molar-refractivity contribution in [3.05, 3.63) is 24.3 Å². The van der Waals surface area contributed by atoms with E-state index in [1.54, 1.807) is 18.2 Å². The molecule has 122 valence electrons. The molecule has 5 heteroatoms. The lowest BCUT2D eigenvalue weighted by Gasteiger charge is -2.36. The molecule has 1 aliphatic heterocycles. The number of phenols is 1. The number of hydrogen-bond acceptors (Lipinski definition) is 4. The Hall–Kier alpha value is -1.75. The van der Waals surface area contributed by atoms with Gasteiger partial charge >= 0.3 is 5.97 Å². The smallest absolute Gasteiger partial charge is 0.310 e. The van der Waals surface area contributed by atoms with Crippen LogP contribution in [0, 0.1) is 11.8 Å². The van der Waals surface area contributed by atoms with Crippen LogP contribution in [0.5, 0.6) is 11.5 Å². The van der Waals surface area contributed by atoms with Gasteiger partial charge in [0.25, 0.3) is 0 Å². The van der Waals surface area contributed by atoms with Gasteiger partial charge in [0, 0.05) is 6.04 Å². The van der Waals surface area contributed by atoms with E-state index in [-0.39, 0.29) is 18.3 Å². The van der Waals surface area contributed by atoms with E-state index in [4.69, 9.17) is 4.74 Å². The van der Waals surface area contributed by atoms with Gasteiger partial charge in [-0.05, 0) is 57.8 Å². The van der Waals surface area contributed by atoms with Crippen molar-refractivity contribution in [1.82, 2.24) is 4.90 Å². The Morgan fingerprint density at radius 3 is 2.50 bits per heavy atom. The predicted molar refractivity (Wildman–Crippen MR) is 84.2 cm³/mol. The SMILES string of the molecule is CC(C)N1CCC(C(COc2ccccc2O)C(=O)O)CC1. The topological polar surface area (TPSA) is 70.0 Å². The zero-order chi connectivity index (χ0) is 16.1. The highest BCUT2D eigenvalue weighted by Crippen LogP contribution is 2.29. The molecule has 1 aromatic rings. The fraction of sp³-hybridized carbons (Fsp3) is 0.588. The van der Waals surface area contributed by atoms with Crippen LogP contribution >= 0.6 is 0 Å². The molecule has 1 unspecified atom stereocenters. The van der Waals surface area contributed by atoms with Crippen molar-refractivity contribution in [2.24, 2.45) is 11.8 Å². The van der Waals surface area contributed by atoms with Crippen LogP contribution in [0.25, 0.3) is 0 Å². The average Bonchev–Trinajstić information content (AvgIpc) is 2.49. The number of nitrogens with zero attached hydrogens (tertiary/aromatic N) is 1. The molecule has 1 saturated heterocycles. The maximum absolute atomic E-state index is 11.6. The van der Waals surface area contributed by atoms with Gasteiger partial charge in [-0.3, -0.25) is 4.79 Å². The number of para-hydroxylation sites is 2. The molecule has 0 bridgehead atoms. The maximum atomic E-state index is 11.6. The third kappa shape index (κ3) is 4.13. The molecule has 0 aromatic heterocycles. The lowest BCUT2D eigenvalue weighted by atomic mass is 9.84. The Bertz CT molecular complexity index is 495. The molecule has 5 nitrogen and oxygen atoms in total. The van der Waals surface area contributed by atoms with Crippen LogP contribution in [-0.2, 0) is 4.79 Å². The molecule has 0 amide bonds. The third-order valence-corrected chi connectivity index (χ3v) is 4.47. The zero-order valence-corrected chi connectivity index (χ0v) is 13.2. The lowest BCUT2D eigenvalue weighted by Crippen LogP contribution is -2.42. The number of carboxylic acid groups (broad SMARTS) is 1. The number of carboxylic acids is 1. The van der Waals surface area contributed by atoms with Crippen molar-refractivity contribution in [3.63, 3.8) is 0 Å². The van der Waals surface area contributed by atoms with E-state index >= 15 is 0 Å². The minimum absolute atomic E-state index is 0.0428. The van der Waals surface area contributed by atoms with Crippen molar-refractivity contribution < 1.29 is 19.7 Å². The molecule has 1 fully saturated rings. The van der Waals surface area contributed by atoms with E-state index in [1.165, 1.54) is 6.07 Å². The second-order valence-electron chi connectivity index (χ2n) is 6.19. The highest BCUT2D eigenvalue weighted by atomic mass is 16.5. The number of ether oxygens (including phenoxy) is 1. The van der Waals surface area contributed by atoms with Crippen LogP contribution in [0.15, 0.2) is 24.3 Å². The van der Waals surface area contributed by atoms with E-state index in [0.29, 0.717) is 11.8 Å². The molecule has 1 heterocycles. The largest absolute Gasteiger partial charge is 0.504 e. The van der Waals surface area contributed by atoms with Crippen LogP contribution in [0.1, 0.15) is 26.7 Å². The summed E-state index contributed by atoms with van der Waals surface area (Å²) in [6, 6.07) is 7.15. The first-order valence-corrected chi connectivity index (χ1v) is 7.86. The maximum Gasteiger partial charge on any atom is 0.310 e. The summed E-state index contributed by atoms with van der Waals surface area (Å²) in [5.41, 5.74) is 0. The summed E-state index contributed by atoms with van der Waals surface area (Å²) in [4.78, 5) is 13.9. The van der Waals surface area contributed by atoms with Crippen LogP contribution in [0.4, 0.5) is 0 Å². The standard InChI is InChI=1S/C17H25NO4/c1-12(2)18-9-7-13(8-10-18)14(17(20)21)11-22-16-6-4-3-5-15(16)19/h3-6,12-14,19H,7-11H2,1-2H3,(H,20,21). The van der Waals surface area contributed by atoms with E-state index in [0.717, 1.165) is 25.9 Å². The number of aliphatic carboxylic acids is 1. The summed E-state index contributed by atoms with van der Waals surface area (Å²) in [5.74, 6) is -0.847. The molecular formula is C17H25NO4. The second kappa shape index (κ2) is 7.49. The zero-order valence-electron chi connectivity index (χ0n) is 13.2. The summed E-state index contributed by atoms with van der Waals surface area (Å²) >= 11 is 0. The first-order valence-electron chi connectivity index (χ1n) is 7.86. The number of hydrogen-bond donors (Lipinski definition) is 2. The number of piperidine rings is 1. The van der Waals surface area contributed by atoms with Gasteiger partial charge < -0.3 is 19.8 Å². The van der Waals surface area contributed by atoms with Crippen LogP contribution in [0.2, 0.25) is 0 Å². The van der Waals surface area contributed by atoms with E-state index in [1.807, 2.05) is 0 Å². The average molecular weight is 307 g/mol. The van der Waals surface area contributed by atoms with Gasteiger partial charge in [0.05, 0.1) is 5.92 Å². The van der Waals surface area contributed by atoms with E-state index < -0.39 is 11.9 Å². The number of phenolic OH excluding ortho intramolecular Hbond substituents is 1. The Balaban J connectivity index is 1.94. The van der Waals surface area contributed by atoms with Gasteiger partial charge in [0.1, 0.15) is 6.61 Å². The molecule has 0 aliphatic carbocycles. The second-order valence-corrected chi connectivity index (χ2v) is 6.19. The highest BCUT2D eigenvalue weighted by molar-refractivity contribution is 5.70. The van der Waals surface area contributed by atoms with Gasteiger partial charge in [-0.25, -0.2) is 0 Å². The Morgan fingerprint density at radius 1 is 1.32 bits per heavy atom. The fourth-order valence-electron chi connectivity index (χ4n) is 3.01. The van der Waals surface area contributed by atoms with Gasteiger partial charge in [0.2, 0.25) is 0 Å². The third-order valence-electron chi connectivity index (χ3n) is 4.47. The normalized spacial score (nSPS) is 18.3. The molecule has 2 N–H and O–H groups in total. The summed E-state index contributed by atoms with van der Waals surface area (Å²) in [7, 11) is 0. The highest BCUT2D eigenvalue weighted by Gasteiger charge is 2.32. The van der Waals surface area contributed by atoms with Gasteiger partial charge in [-0.15, -0.1) is 0 Å². The molecule has 22 heavy (non-hydrogen) atoms. The van der Waals surface area contributed by atoms with Crippen molar-refractivity contribution in [2.45, 2.75) is 32.7 Å². The fourth-order valence-corrected chi connectivity index (χ4v) is 3.01. The minimum atomic E-state index is -0.821. The number of benzene rings is 1. The Morgan fingerprint density at radius 2 is 1.95 bits per heavy atom. The van der Waals surface area contributed by atoms with Crippen LogP contribution in [-0.4, -0.2) is 46.8 Å². The minimum Gasteiger partial charge on any atom is -0.504 e. The molecule has 0 radical (unpaired) electrons. The molecule has 1 aromatic carbocycles. The van der Waals surface area contributed by atoms with E-state index in [2.05, 4.69) is 18.7 Å². The summed E-state index contributed by atoms with van der Waals surface area (Å²) in [5, 5.41) is 19.2. The quantitative estimate of drug-likeness (QED) is 0.845. The van der Waals surface area contributed by atoms with Crippen molar-refractivity contribution in [2.75, 3.05) is 19.7 Å². The molecule has 0 spiro atoms. The predicted octanol–water partition coefficient (Wildman–Crippen LogP) is 2.59. The van der Waals surface area contributed by atoms with Crippen LogP contribution in [0.3, 0.4) is 0 Å². The van der Waals surface area contributed by atoms with E-state index in [9.17, 15) is 15.0 Å². The van der Waals surface area contributed by atoms with Gasteiger partial charge in [-0.2, -0.15) is 0 Å². The molecular weight excluding hydrogens is 282 g/mol. The molecule has 1 aliphatic rings. The number of rotatable bonds is 6. The molecule has 1 atom stereocenters. The lowest BCUT2D eigenvalue weighted by molar-refractivity contribution is -0.145. The Labute approximate surface area is 131 Å².